The van der Waals surface area contributed by atoms with Crippen molar-refractivity contribution in [2.24, 2.45) is 0 Å². The van der Waals surface area contributed by atoms with Gasteiger partial charge in [-0.05, 0) is 12.8 Å². The summed E-state index contributed by atoms with van der Waals surface area (Å²) < 4.78 is 7.33. The van der Waals surface area contributed by atoms with E-state index in [0.717, 1.165) is 32.2 Å². The van der Waals surface area contributed by atoms with Crippen LogP contribution in [0, 0.1) is 0 Å². The summed E-state index contributed by atoms with van der Waals surface area (Å²) in [6.07, 6.45) is 10.9. The van der Waals surface area contributed by atoms with Gasteiger partial charge in [-0.25, -0.2) is 4.98 Å². The van der Waals surface area contributed by atoms with Crippen molar-refractivity contribution in [2.45, 2.75) is 44.6 Å². The first kappa shape index (κ1) is 13.6. The first-order valence-corrected chi connectivity index (χ1v) is 7.11. The lowest BCUT2D eigenvalue weighted by atomic mass is 9.87. The molecule has 2 rings (SSSR count). The second kappa shape index (κ2) is 7.54. The van der Waals surface area contributed by atoms with Gasteiger partial charge in [0.25, 0.3) is 0 Å². The van der Waals surface area contributed by atoms with Gasteiger partial charge in [-0.15, -0.1) is 0 Å². The van der Waals surface area contributed by atoms with E-state index in [0.29, 0.717) is 0 Å². The van der Waals surface area contributed by atoms with Gasteiger partial charge < -0.3 is 14.6 Å². The van der Waals surface area contributed by atoms with Crippen LogP contribution in [0.3, 0.4) is 0 Å². The summed E-state index contributed by atoms with van der Waals surface area (Å²) in [5.74, 6) is 0.736. The average Bonchev–Trinajstić information content (AvgIpc) is 2.88. The fourth-order valence-electron chi connectivity index (χ4n) is 2.75. The highest BCUT2D eigenvalue weighted by Crippen LogP contribution is 2.32. The van der Waals surface area contributed by atoms with Crippen molar-refractivity contribution in [2.75, 3.05) is 26.8 Å². The van der Waals surface area contributed by atoms with Crippen LogP contribution in [0.1, 0.15) is 43.7 Å². The molecule has 0 atom stereocenters. The molecule has 0 aliphatic heterocycles. The molecule has 0 amide bonds. The van der Waals surface area contributed by atoms with E-state index >= 15 is 0 Å². The maximum atomic E-state index is 5.02. The Morgan fingerprint density at radius 2 is 2.17 bits per heavy atom. The summed E-state index contributed by atoms with van der Waals surface area (Å²) in [7, 11) is 1.73. The van der Waals surface area contributed by atoms with Crippen molar-refractivity contribution < 1.29 is 4.74 Å². The van der Waals surface area contributed by atoms with E-state index in [9.17, 15) is 0 Å². The molecule has 0 spiro atoms. The summed E-state index contributed by atoms with van der Waals surface area (Å²) in [5.41, 5.74) is 1.43. The van der Waals surface area contributed by atoms with E-state index in [1.807, 2.05) is 6.33 Å². The van der Waals surface area contributed by atoms with Crippen LogP contribution in [0.15, 0.2) is 12.5 Å². The van der Waals surface area contributed by atoms with Crippen LogP contribution in [-0.2, 0) is 11.3 Å². The zero-order chi connectivity index (χ0) is 12.6. The maximum absolute atomic E-state index is 5.02. The Hall–Kier alpha value is -0.870. The molecule has 0 bridgehead atoms. The Morgan fingerprint density at radius 1 is 1.33 bits per heavy atom. The topological polar surface area (TPSA) is 39.1 Å². The third-order valence-electron chi connectivity index (χ3n) is 3.78. The van der Waals surface area contributed by atoms with Gasteiger partial charge in [0, 0.05) is 44.6 Å². The van der Waals surface area contributed by atoms with Crippen LogP contribution in [-0.4, -0.2) is 36.4 Å². The van der Waals surface area contributed by atoms with Gasteiger partial charge in [0.15, 0.2) is 0 Å². The van der Waals surface area contributed by atoms with Crippen LogP contribution >= 0.6 is 0 Å². The zero-order valence-corrected chi connectivity index (χ0v) is 11.4. The van der Waals surface area contributed by atoms with Gasteiger partial charge in [0.05, 0.1) is 12.9 Å². The van der Waals surface area contributed by atoms with Crippen molar-refractivity contribution in [3.63, 3.8) is 0 Å². The Kier molecular flexibility index (Phi) is 5.68. The largest absolute Gasteiger partial charge is 0.383 e. The Labute approximate surface area is 110 Å². The van der Waals surface area contributed by atoms with Crippen molar-refractivity contribution in [1.29, 1.82) is 0 Å². The maximum Gasteiger partial charge on any atom is 0.0948 e. The molecule has 1 saturated carbocycles. The molecule has 1 aliphatic rings. The van der Waals surface area contributed by atoms with Gasteiger partial charge >= 0.3 is 0 Å². The van der Waals surface area contributed by atoms with Crippen molar-refractivity contribution in [1.82, 2.24) is 14.9 Å². The lowest BCUT2D eigenvalue weighted by Crippen LogP contribution is -2.24. The second-order valence-electron chi connectivity index (χ2n) is 5.09. The van der Waals surface area contributed by atoms with E-state index in [1.165, 1.54) is 37.8 Å². The van der Waals surface area contributed by atoms with Crippen molar-refractivity contribution in [3.8, 4) is 0 Å². The summed E-state index contributed by atoms with van der Waals surface area (Å²) in [6.45, 7) is 3.69. The highest BCUT2D eigenvalue weighted by atomic mass is 16.5. The highest BCUT2D eigenvalue weighted by molar-refractivity contribution is 5.07. The standard InChI is InChI=1S/C14H25N3O/c1-18-10-8-15-7-9-17-12-16-11-14(17)13-5-3-2-4-6-13/h11-13,15H,2-10H2,1H3. The molecule has 1 N–H and O–H groups in total. The normalized spacial score (nSPS) is 17.2. The van der Waals surface area contributed by atoms with E-state index in [4.69, 9.17) is 4.74 Å². The molecule has 0 aromatic carbocycles. The molecule has 1 heterocycles. The number of hydrogen-bond donors (Lipinski definition) is 1. The Balaban J connectivity index is 1.79. The van der Waals surface area contributed by atoms with Crippen LogP contribution in [0.5, 0.6) is 0 Å². The molecule has 1 aromatic rings. The van der Waals surface area contributed by atoms with Crippen LogP contribution in [0.2, 0.25) is 0 Å². The first-order chi connectivity index (χ1) is 8.92. The second-order valence-corrected chi connectivity index (χ2v) is 5.09. The fourth-order valence-corrected chi connectivity index (χ4v) is 2.75. The number of aromatic nitrogens is 2. The highest BCUT2D eigenvalue weighted by Gasteiger charge is 2.18. The number of methoxy groups -OCH3 is 1. The lowest BCUT2D eigenvalue weighted by molar-refractivity contribution is 0.199. The molecular weight excluding hydrogens is 226 g/mol. The monoisotopic (exact) mass is 251 g/mol. The molecule has 1 aliphatic carbocycles. The number of ether oxygens (including phenoxy) is 1. The summed E-state index contributed by atoms with van der Waals surface area (Å²) in [4.78, 5) is 4.32. The predicted octanol–water partition coefficient (Wildman–Crippen LogP) is 2.17. The predicted molar refractivity (Wildman–Crippen MR) is 72.8 cm³/mol. The quantitative estimate of drug-likeness (QED) is 0.755. The van der Waals surface area contributed by atoms with Crippen molar-refractivity contribution >= 4 is 0 Å². The van der Waals surface area contributed by atoms with E-state index < -0.39 is 0 Å². The van der Waals surface area contributed by atoms with Gasteiger partial charge in [0.2, 0.25) is 0 Å². The van der Waals surface area contributed by atoms with Crippen molar-refractivity contribution in [3.05, 3.63) is 18.2 Å². The summed E-state index contributed by atoms with van der Waals surface area (Å²) in [6, 6.07) is 0. The number of nitrogens with one attached hydrogen (secondary N) is 1. The van der Waals surface area contributed by atoms with Crippen LogP contribution in [0.25, 0.3) is 0 Å². The number of hydrogen-bond acceptors (Lipinski definition) is 3. The molecule has 18 heavy (non-hydrogen) atoms. The minimum atomic E-state index is 0.736. The summed E-state index contributed by atoms with van der Waals surface area (Å²) in [5, 5.41) is 3.38. The Bertz CT molecular complexity index is 332. The van der Waals surface area contributed by atoms with E-state index in [1.54, 1.807) is 7.11 Å². The minimum absolute atomic E-state index is 0.736. The molecule has 0 saturated heterocycles. The first-order valence-electron chi connectivity index (χ1n) is 7.11. The number of nitrogens with zero attached hydrogens (tertiary/aromatic N) is 2. The molecule has 102 valence electrons. The third kappa shape index (κ3) is 3.82. The fraction of sp³-hybridized carbons (Fsp3) is 0.786. The summed E-state index contributed by atoms with van der Waals surface area (Å²) >= 11 is 0. The van der Waals surface area contributed by atoms with Crippen LogP contribution < -0.4 is 5.32 Å². The van der Waals surface area contributed by atoms with E-state index in [-0.39, 0.29) is 0 Å². The average molecular weight is 251 g/mol. The van der Waals surface area contributed by atoms with Gasteiger partial charge in [0.1, 0.15) is 0 Å². The molecule has 4 nitrogen and oxygen atoms in total. The minimum Gasteiger partial charge on any atom is -0.383 e. The van der Waals surface area contributed by atoms with Gasteiger partial charge in [-0.3, -0.25) is 0 Å². The lowest BCUT2D eigenvalue weighted by Gasteiger charge is -2.22. The number of imidazole rings is 1. The number of rotatable bonds is 7. The van der Waals surface area contributed by atoms with Gasteiger partial charge in [-0.1, -0.05) is 19.3 Å². The third-order valence-corrected chi connectivity index (χ3v) is 3.78. The smallest absolute Gasteiger partial charge is 0.0948 e. The molecule has 0 unspecified atom stereocenters. The molecule has 0 radical (unpaired) electrons. The zero-order valence-electron chi connectivity index (χ0n) is 11.4. The molecule has 1 aromatic heterocycles. The molecular formula is C14H25N3O. The van der Waals surface area contributed by atoms with E-state index in [2.05, 4.69) is 21.1 Å². The molecule has 4 heteroatoms. The van der Waals surface area contributed by atoms with Crippen LogP contribution in [0.4, 0.5) is 0 Å². The Morgan fingerprint density at radius 3 is 2.94 bits per heavy atom. The SMILES string of the molecule is COCCNCCn1cncc1C1CCCCC1. The molecule has 1 fully saturated rings. The van der Waals surface area contributed by atoms with Gasteiger partial charge in [-0.2, -0.15) is 0 Å².